The molecule has 0 fully saturated rings. The quantitative estimate of drug-likeness (QED) is 0.838. The summed E-state index contributed by atoms with van der Waals surface area (Å²) in [5.41, 5.74) is 0.739. The number of aromatic amines is 1. The number of aromatic nitrogens is 2. The van der Waals surface area contributed by atoms with Gasteiger partial charge < -0.3 is 4.74 Å². The van der Waals surface area contributed by atoms with Crippen molar-refractivity contribution in [2.24, 2.45) is 7.05 Å². The second kappa shape index (κ2) is 4.72. The van der Waals surface area contributed by atoms with E-state index in [4.69, 9.17) is 0 Å². The number of nitrogens with zero attached hydrogens (tertiary/aromatic N) is 1. The summed E-state index contributed by atoms with van der Waals surface area (Å²) in [7, 11) is 2.72. The Bertz CT molecular complexity index is 700. The molecule has 1 N–H and O–H groups in total. The number of aryl methyl sites for hydroxylation is 2. The van der Waals surface area contributed by atoms with Crippen molar-refractivity contribution in [2.75, 3.05) is 7.11 Å². The third-order valence-corrected chi connectivity index (χ3v) is 2.88. The zero-order valence-corrected chi connectivity index (χ0v) is 10.8. The van der Waals surface area contributed by atoms with Gasteiger partial charge in [0.1, 0.15) is 5.82 Å². The van der Waals surface area contributed by atoms with Crippen molar-refractivity contribution in [1.82, 2.24) is 9.78 Å². The van der Waals surface area contributed by atoms with Gasteiger partial charge in [-0.3, -0.25) is 14.6 Å². The average Bonchev–Trinajstić information content (AvgIpc) is 2.68. The van der Waals surface area contributed by atoms with Crippen LogP contribution in [0.4, 0.5) is 4.39 Å². The molecule has 1 aromatic heterocycles. The molecule has 0 unspecified atom stereocenters. The van der Waals surface area contributed by atoms with Gasteiger partial charge in [0.15, 0.2) is 5.69 Å². The number of methoxy groups -OCH3 is 1. The topological polar surface area (TPSA) is 64.1 Å². The normalized spacial score (nSPS) is 10.5. The molecule has 2 rings (SSSR count). The molecule has 0 aliphatic heterocycles. The van der Waals surface area contributed by atoms with Crippen molar-refractivity contribution in [3.05, 3.63) is 45.6 Å². The Morgan fingerprint density at radius 1 is 1.42 bits per heavy atom. The molecule has 0 saturated carbocycles. The molecule has 1 heterocycles. The van der Waals surface area contributed by atoms with Gasteiger partial charge in [0, 0.05) is 7.05 Å². The van der Waals surface area contributed by atoms with Crippen LogP contribution in [0.15, 0.2) is 23.0 Å². The Balaban J connectivity index is 2.70. The number of H-pyrrole nitrogens is 1. The van der Waals surface area contributed by atoms with E-state index in [-0.39, 0.29) is 22.6 Å². The zero-order valence-electron chi connectivity index (χ0n) is 10.8. The summed E-state index contributed by atoms with van der Waals surface area (Å²) in [5.74, 6) is -1.01. The average molecular weight is 264 g/mol. The SMILES string of the molecule is COC(=O)c1[nH]n(C)c(=O)c1-c1ccc(F)c(C)c1. The molecule has 0 amide bonds. The minimum Gasteiger partial charge on any atom is -0.464 e. The van der Waals surface area contributed by atoms with Crippen LogP contribution in [0.2, 0.25) is 0 Å². The van der Waals surface area contributed by atoms with Crippen LogP contribution in [-0.4, -0.2) is 22.9 Å². The lowest BCUT2D eigenvalue weighted by molar-refractivity contribution is 0.0594. The fourth-order valence-electron chi connectivity index (χ4n) is 1.87. The van der Waals surface area contributed by atoms with E-state index >= 15 is 0 Å². The van der Waals surface area contributed by atoms with Crippen LogP contribution in [0.3, 0.4) is 0 Å². The van der Waals surface area contributed by atoms with Crippen LogP contribution in [0.1, 0.15) is 16.1 Å². The molecular formula is C13H13FN2O3. The molecular weight excluding hydrogens is 251 g/mol. The summed E-state index contributed by atoms with van der Waals surface area (Å²) in [4.78, 5) is 23.7. The molecule has 1 aromatic carbocycles. The molecule has 0 atom stereocenters. The van der Waals surface area contributed by atoms with Crippen LogP contribution in [0.25, 0.3) is 11.1 Å². The van der Waals surface area contributed by atoms with E-state index < -0.39 is 5.97 Å². The fraction of sp³-hybridized carbons (Fsp3) is 0.231. The van der Waals surface area contributed by atoms with E-state index in [0.717, 1.165) is 0 Å². The minimum absolute atomic E-state index is 0.0565. The maximum atomic E-state index is 13.3. The predicted octanol–water partition coefficient (Wildman–Crippen LogP) is 1.61. The number of esters is 1. The lowest BCUT2D eigenvalue weighted by Gasteiger charge is -2.03. The molecule has 0 saturated heterocycles. The Morgan fingerprint density at radius 3 is 2.68 bits per heavy atom. The van der Waals surface area contributed by atoms with Gasteiger partial charge in [-0.1, -0.05) is 6.07 Å². The maximum absolute atomic E-state index is 13.3. The van der Waals surface area contributed by atoms with Gasteiger partial charge in [-0.25, -0.2) is 9.18 Å². The van der Waals surface area contributed by atoms with E-state index in [1.165, 1.54) is 37.0 Å². The van der Waals surface area contributed by atoms with E-state index in [9.17, 15) is 14.0 Å². The van der Waals surface area contributed by atoms with Crippen molar-refractivity contribution >= 4 is 5.97 Å². The van der Waals surface area contributed by atoms with E-state index in [2.05, 4.69) is 9.84 Å². The summed E-state index contributed by atoms with van der Waals surface area (Å²) in [6.07, 6.45) is 0. The second-order valence-corrected chi connectivity index (χ2v) is 4.18. The lowest BCUT2D eigenvalue weighted by atomic mass is 10.0. The number of nitrogens with one attached hydrogen (secondary N) is 1. The highest BCUT2D eigenvalue weighted by molar-refractivity contribution is 5.95. The molecule has 6 heteroatoms. The van der Waals surface area contributed by atoms with Gasteiger partial charge in [0.2, 0.25) is 0 Å². The lowest BCUT2D eigenvalue weighted by Crippen LogP contribution is -2.13. The molecule has 5 nitrogen and oxygen atoms in total. The number of carbonyl (C=O) groups is 1. The highest BCUT2D eigenvalue weighted by Gasteiger charge is 2.21. The third-order valence-electron chi connectivity index (χ3n) is 2.88. The fourth-order valence-corrected chi connectivity index (χ4v) is 1.87. The summed E-state index contributed by atoms with van der Waals surface area (Å²) < 4.78 is 19.1. The molecule has 0 radical (unpaired) electrons. The first-order chi connectivity index (χ1) is 8.95. The second-order valence-electron chi connectivity index (χ2n) is 4.18. The monoisotopic (exact) mass is 264 g/mol. The van der Waals surface area contributed by atoms with Crippen LogP contribution < -0.4 is 5.56 Å². The molecule has 2 aromatic rings. The largest absolute Gasteiger partial charge is 0.464 e. The van der Waals surface area contributed by atoms with Crippen LogP contribution in [-0.2, 0) is 11.8 Å². The molecule has 19 heavy (non-hydrogen) atoms. The number of halogens is 1. The Morgan fingerprint density at radius 2 is 2.11 bits per heavy atom. The van der Waals surface area contributed by atoms with Crippen LogP contribution >= 0.6 is 0 Å². The van der Waals surface area contributed by atoms with Gasteiger partial charge in [0.05, 0.1) is 12.7 Å². The number of benzene rings is 1. The van der Waals surface area contributed by atoms with Gasteiger partial charge in [0.25, 0.3) is 5.56 Å². The summed E-state index contributed by atoms with van der Waals surface area (Å²) in [6, 6.07) is 4.24. The van der Waals surface area contributed by atoms with Crippen LogP contribution in [0.5, 0.6) is 0 Å². The van der Waals surface area contributed by atoms with Gasteiger partial charge >= 0.3 is 5.97 Å². The highest BCUT2D eigenvalue weighted by atomic mass is 19.1. The van der Waals surface area contributed by atoms with Gasteiger partial charge in [-0.2, -0.15) is 0 Å². The first kappa shape index (κ1) is 13.1. The van der Waals surface area contributed by atoms with E-state index in [1.807, 2.05) is 0 Å². The molecule has 0 spiro atoms. The number of rotatable bonds is 2. The predicted molar refractivity (Wildman–Crippen MR) is 67.5 cm³/mol. The van der Waals surface area contributed by atoms with Crippen molar-refractivity contribution < 1.29 is 13.9 Å². The van der Waals surface area contributed by atoms with Crippen LogP contribution in [0, 0.1) is 12.7 Å². The number of hydrogen-bond donors (Lipinski definition) is 1. The minimum atomic E-state index is -0.644. The van der Waals surface area contributed by atoms with Crippen molar-refractivity contribution in [1.29, 1.82) is 0 Å². The summed E-state index contributed by atoms with van der Waals surface area (Å²) in [5, 5.41) is 2.63. The number of ether oxygens (including phenoxy) is 1. The number of hydrogen-bond acceptors (Lipinski definition) is 3. The number of carbonyl (C=O) groups excluding carboxylic acids is 1. The van der Waals surface area contributed by atoms with Crippen molar-refractivity contribution in [3.8, 4) is 11.1 Å². The molecule has 0 aliphatic rings. The van der Waals surface area contributed by atoms with Gasteiger partial charge in [-0.15, -0.1) is 0 Å². The standard InChI is InChI=1S/C13H13FN2O3/c1-7-6-8(4-5-9(7)14)10-11(13(18)19-3)15-16(2)12(10)17/h4-6,15H,1-3H3. The molecule has 100 valence electrons. The first-order valence-electron chi connectivity index (χ1n) is 5.59. The smallest absolute Gasteiger partial charge is 0.356 e. The highest BCUT2D eigenvalue weighted by Crippen LogP contribution is 2.22. The van der Waals surface area contributed by atoms with E-state index in [1.54, 1.807) is 6.92 Å². The maximum Gasteiger partial charge on any atom is 0.356 e. The Labute approximate surface area is 108 Å². The Kier molecular flexibility index (Phi) is 3.25. The summed E-state index contributed by atoms with van der Waals surface area (Å²) >= 11 is 0. The van der Waals surface area contributed by atoms with Gasteiger partial charge in [-0.05, 0) is 30.2 Å². The summed E-state index contributed by atoms with van der Waals surface area (Å²) in [6.45, 7) is 1.59. The first-order valence-corrected chi connectivity index (χ1v) is 5.59. The zero-order chi connectivity index (χ0) is 14.2. The van der Waals surface area contributed by atoms with Crippen molar-refractivity contribution in [2.45, 2.75) is 6.92 Å². The third kappa shape index (κ3) is 2.16. The Hall–Kier alpha value is -2.37. The molecule has 0 bridgehead atoms. The van der Waals surface area contributed by atoms with Crippen molar-refractivity contribution in [3.63, 3.8) is 0 Å². The molecule has 0 aliphatic carbocycles. The van der Waals surface area contributed by atoms with E-state index in [0.29, 0.717) is 11.1 Å².